The zero-order valence-electron chi connectivity index (χ0n) is 18.7. The predicted molar refractivity (Wildman–Crippen MR) is 134 cm³/mol. The zero-order valence-corrected chi connectivity index (χ0v) is 21.1. The van der Waals surface area contributed by atoms with Crippen LogP contribution in [0, 0.1) is 0 Å². The highest BCUT2D eigenvalue weighted by molar-refractivity contribution is 9.10. The number of hydrogen-bond donors (Lipinski definition) is 3. The van der Waals surface area contributed by atoms with Gasteiger partial charge < -0.3 is 20.1 Å². The van der Waals surface area contributed by atoms with E-state index in [1.54, 1.807) is 36.4 Å². The first-order chi connectivity index (χ1) is 16.3. The number of H-pyrrole nitrogens is 1. The van der Waals surface area contributed by atoms with Crippen molar-refractivity contribution in [3.8, 4) is 5.75 Å². The van der Waals surface area contributed by atoms with Gasteiger partial charge in [-0.3, -0.25) is 9.10 Å². The molecule has 0 spiro atoms. The van der Waals surface area contributed by atoms with Crippen LogP contribution in [0.3, 0.4) is 0 Å². The number of amides is 1. The number of imidazole rings is 1. The summed E-state index contributed by atoms with van der Waals surface area (Å²) >= 11 is 3.35. The van der Waals surface area contributed by atoms with E-state index < -0.39 is 15.9 Å². The fourth-order valence-corrected chi connectivity index (χ4v) is 4.79. The average molecular weight is 551 g/mol. The molecule has 9 nitrogen and oxygen atoms in total. The van der Waals surface area contributed by atoms with Crippen LogP contribution in [0.25, 0.3) is 0 Å². The molecule has 11 heteroatoms. The van der Waals surface area contributed by atoms with E-state index in [2.05, 4.69) is 31.2 Å². The standard InChI is InChI=1S/C23H27BrN4O5S/c1-28(19-9-6-17(24)7-10-19)34(31,32)22-14-18(27-23(30)20-15-25-16-26-20)8-11-21(22)33-13-5-3-2-4-12-29/h6-11,14-16,29H,2-5,12-13H2,1H3,(H,25,26)(H,27,30). The van der Waals surface area contributed by atoms with Gasteiger partial charge in [-0.05, 0) is 61.7 Å². The highest BCUT2D eigenvalue weighted by atomic mass is 79.9. The van der Waals surface area contributed by atoms with Crippen molar-refractivity contribution < 1.29 is 23.1 Å². The van der Waals surface area contributed by atoms with E-state index in [9.17, 15) is 13.2 Å². The molecule has 3 aromatic rings. The summed E-state index contributed by atoms with van der Waals surface area (Å²) in [7, 11) is -2.55. The molecule has 1 aromatic heterocycles. The molecule has 0 unspecified atom stereocenters. The Labute approximate surface area is 207 Å². The zero-order chi connectivity index (χ0) is 24.6. The van der Waals surface area contributed by atoms with E-state index in [4.69, 9.17) is 9.84 Å². The smallest absolute Gasteiger partial charge is 0.273 e. The number of ether oxygens (including phenoxy) is 1. The molecule has 2 aromatic carbocycles. The Balaban J connectivity index is 1.87. The van der Waals surface area contributed by atoms with E-state index in [1.165, 1.54) is 29.9 Å². The van der Waals surface area contributed by atoms with Gasteiger partial charge in [-0.25, -0.2) is 13.4 Å². The van der Waals surface area contributed by atoms with E-state index >= 15 is 0 Å². The maximum Gasteiger partial charge on any atom is 0.273 e. The second-order valence-electron chi connectivity index (χ2n) is 7.52. The third-order valence-electron chi connectivity index (χ3n) is 5.08. The number of rotatable bonds is 12. The molecule has 3 rings (SSSR count). The lowest BCUT2D eigenvalue weighted by Crippen LogP contribution is -2.27. The van der Waals surface area contributed by atoms with E-state index in [1.807, 2.05) is 0 Å². The number of aromatic nitrogens is 2. The number of nitrogens with zero attached hydrogens (tertiary/aromatic N) is 2. The van der Waals surface area contributed by atoms with Crippen LogP contribution in [0.15, 0.2) is 64.4 Å². The summed E-state index contributed by atoms with van der Waals surface area (Å²) in [4.78, 5) is 18.9. The second-order valence-corrected chi connectivity index (χ2v) is 10.4. The highest BCUT2D eigenvalue weighted by Crippen LogP contribution is 2.32. The number of carbonyl (C=O) groups is 1. The molecule has 0 aliphatic rings. The van der Waals surface area contributed by atoms with Crippen molar-refractivity contribution in [1.29, 1.82) is 0 Å². The van der Waals surface area contributed by atoms with Gasteiger partial charge in [-0.2, -0.15) is 0 Å². The van der Waals surface area contributed by atoms with Gasteiger partial charge in [0, 0.05) is 23.8 Å². The fraction of sp³-hybridized carbons (Fsp3) is 0.304. The quantitative estimate of drug-likeness (QED) is 0.290. The maximum absolute atomic E-state index is 13.6. The maximum atomic E-state index is 13.6. The highest BCUT2D eigenvalue weighted by Gasteiger charge is 2.26. The van der Waals surface area contributed by atoms with Crippen LogP contribution in [0.2, 0.25) is 0 Å². The SMILES string of the molecule is CN(c1ccc(Br)cc1)S(=O)(=O)c1cc(NC(=O)c2cnc[nH]2)ccc1OCCCCCCO. The summed E-state index contributed by atoms with van der Waals surface area (Å²) in [5.74, 6) is -0.245. The molecule has 0 fully saturated rings. The average Bonchev–Trinajstić information content (AvgIpc) is 3.37. The summed E-state index contributed by atoms with van der Waals surface area (Å²) in [6.45, 7) is 0.479. The van der Waals surface area contributed by atoms with Crippen molar-refractivity contribution in [2.24, 2.45) is 0 Å². The molecule has 3 N–H and O–H groups in total. The number of sulfonamides is 1. The number of halogens is 1. The number of carbonyl (C=O) groups excluding carboxylic acids is 1. The van der Waals surface area contributed by atoms with Crippen molar-refractivity contribution in [1.82, 2.24) is 9.97 Å². The third kappa shape index (κ3) is 6.58. The monoisotopic (exact) mass is 550 g/mol. The van der Waals surface area contributed by atoms with Crippen LogP contribution < -0.4 is 14.4 Å². The lowest BCUT2D eigenvalue weighted by atomic mass is 10.2. The first kappa shape index (κ1) is 25.7. The minimum absolute atomic E-state index is 0.0595. The molecule has 0 bridgehead atoms. The van der Waals surface area contributed by atoms with Crippen molar-refractivity contribution in [3.63, 3.8) is 0 Å². The Morgan fingerprint density at radius 3 is 2.56 bits per heavy atom. The summed E-state index contributed by atoms with van der Waals surface area (Å²) < 4.78 is 34.9. The molecular weight excluding hydrogens is 524 g/mol. The van der Waals surface area contributed by atoms with Crippen LogP contribution in [0.4, 0.5) is 11.4 Å². The van der Waals surface area contributed by atoms with Gasteiger partial charge in [-0.15, -0.1) is 0 Å². The first-order valence-electron chi connectivity index (χ1n) is 10.7. The topological polar surface area (TPSA) is 125 Å². The molecule has 0 saturated heterocycles. The summed E-state index contributed by atoms with van der Waals surface area (Å²) in [5, 5.41) is 11.6. The molecule has 0 atom stereocenters. The Bertz CT molecular complexity index is 1180. The normalized spacial score (nSPS) is 11.3. The van der Waals surface area contributed by atoms with E-state index in [0.717, 1.165) is 30.2 Å². The van der Waals surface area contributed by atoms with Gasteiger partial charge in [0.25, 0.3) is 15.9 Å². The van der Waals surface area contributed by atoms with Gasteiger partial charge in [-0.1, -0.05) is 22.4 Å². The lowest BCUT2D eigenvalue weighted by molar-refractivity contribution is 0.102. The number of aliphatic hydroxyl groups is 1. The molecular formula is C23H27BrN4O5S. The number of anilines is 2. The fourth-order valence-electron chi connectivity index (χ4n) is 3.17. The number of hydrogen-bond acceptors (Lipinski definition) is 6. The number of aliphatic hydroxyl groups excluding tert-OH is 1. The molecule has 0 saturated carbocycles. The largest absolute Gasteiger partial charge is 0.492 e. The summed E-state index contributed by atoms with van der Waals surface area (Å²) in [6.07, 6.45) is 5.94. The number of aromatic amines is 1. The Morgan fingerprint density at radius 1 is 1.15 bits per heavy atom. The van der Waals surface area contributed by atoms with Crippen molar-refractivity contribution >= 4 is 43.2 Å². The Hall–Kier alpha value is -2.89. The Kier molecular flexibility index (Phi) is 9.08. The van der Waals surface area contributed by atoms with Crippen LogP contribution in [-0.4, -0.2) is 49.7 Å². The Morgan fingerprint density at radius 2 is 1.88 bits per heavy atom. The van der Waals surface area contributed by atoms with Crippen molar-refractivity contribution in [3.05, 3.63) is 65.2 Å². The molecule has 182 valence electrons. The van der Waals surface area contributed by atoms with Gasteiger partial charge in [0.2, 0.25) is 0 Å². The lowest BCUT2D eigenvalue weighted by Gasteiger charge is -2.22. The summed E-state index contributed by atoms with van der Waals surface area (Å²) in [5.41, 5.74) is 1.03. The van der Waals surface area contributed by atoms with E-state index in [-0.39, 0.29) is 22.9 Å². The molecule has 34 heavy (non-hydrogen) atoms. The van der Waals surface area contributed by atoms with Crippen molar-refractivity contribution in [2.45, 2.75) is 30.6 Å². The van der Waals surface area contributed by atoms with Gasteiger partial charge in [0.1, 0.15) is 16.3 Å². The molecule has 0 radical (unpaired) electrons. The number of nitrogens with one attached hydrogen (secondary N) is 2. The number of unbranched alkanes of at least 4 members (excludes halogenated alkanes) is 3. The van der Waals surface area contributed by atoms with Crippen molar-refractivity contribution in [2.75, 3.05) is 29.9 Å². The summed E-state index contributed by atoms with van der Waals surface area (Å²) in [6, 6.07) is 11.4. The molecule has 0 aliphatic carbocycles. The minimum atomic E-state index is -4.01. The van der Waals surface area contributed by atoms with Gasteiger partial charge in [0.05, 0.1) is 24.8 Å². The van der Waals surface area contributed by atoms with Gasteiger partial charge >= 0.3 is 0 Å². The molecule has 1 heterocycles. The van der Waals surface area contributed by atoms with Gasteiger partial charge in [0.15, 0.2) is 0 Å². The molecule has 1 amide bonds. The molecule has 0 aliphatic heterocycles. The first-order valence-corrected chi connectivity index (χ1v) is 13.0. The second kappa shape index (κ2) is 12.0. The van der Waals surface area contributed by atoms with Crippen LogP contribution in [-0.2, 0) is 10.0 Å². The predicted octanol–water partition coefficient (Wildman–Crippen LogP) is 4.18. The number of benzene rings is 2. The van der Waals surface area contributed by atoms with Crippen LogP contribution >= 0.6 is 15.9 Å². The third-order valence-corrected chi connectivity index (χ3v) is 7.42. The van der Waals surface area contributed by atoms with Crippen LogP contribution in [0.5, 0.6) is 5.75 Å². The van der Waals surface area contributed by atoms with Crippen LogP contribution in [0.1, 0.15) is 36.2 Å². The van der Waals surface area contributed by atoms with E-state index in [0.29, 0.717) is 18.0 Å². The minimum Gasteiger partial charge on any atom is -0.492 e.